The predicted molar refractivity (Wildman–Crippen MR) is 181 cm³/mol. The number of nitrogens with one attached hydrogen (secondary N) is 1. The maximum Gasteiger partial charge on any atom is 0.264 e. The highest BCUT2D eigenvalue weighted by Crippen LogP contribution is 2.29. The predicted octanol–water partition coefficient (Wildman–Crippen LogP) is 6.63. The number of carbonyl (C=O) groups excluding carboxylic acids is 2. The third-order valence-corrected chi connectivity index (χ3v) is 9.73. The molecular weight excluding hydrogens is 606 g/mol. The number of hydrogen-bond donors (Lipinski definition) is 1. The molecule has 2 amide bonds. The van der Waals surface area contributed by atoms with Crippen LogP contribution in [0.4, 0.5) is 5.69 Å². The van der Waals surface area contributed by atoms with Crippen LogP contribution >= 0.6 is 11.6 Å². The number of sulfonamides is 1. The summed E-state index contributed by atoms with van der Waals surface area (Å²) in [7, 11) is -4.17. The third kappa shape index (κ3) is 8.53. The van der Waals surface area contributed by atoms with Crippen LogP contribution in [-0.4, -0.2) is 43.8 Å². The van der Waals surface area contributed by atoms with Crippen molar-refractivity contribution in [1.82, 2.24) is 10.2 Å². The molecule has 0 fully saturated rings. The van der Waals surface area contributed by atoms with Crippen LogP contribution in [0.2, 0.25) is 5.02 Å². The number of nitrogens with zero attached hydrogens (tertiary/aromatic N) is 2. The fourth-order valence-corrected chi connectivity index (χ4v) is 6.68. The largest absolute Gasteiger partial charge is 0.352 e. The third-order valence-electron chi connectivity index (χ3n) is 7.70. The quantitative estimate of drug-likeness (QED) is 0.188. The molecule has 4 aromatic rings. The Morgan fingerprint density at radius 3 is 2.07 bits per heavy atom. The number of anilines is 1. The van der Waals surface area contributed by atoms with E-state index in [0.29, 0.717) is 10.7 Å². The molecule has 4 aromatic carbocycles. The molecule has 7 nitrogen and oxygen atoms in total. The first kappa shape index (κ1) is 33.7. The van der Waals surface area contributed by atoms with Crippen LogP contribution in [0.15, 0.2) is 102 Å². The average Bonchev–Trinajstić information content (AvgIpc) is 3.00. The van der Waals surface area contributed by atoms with E-state index < -0.39 is 28.5 Å². The van der Waals surface area contributed by atoms with Gasteiger partial charge in [0.25, 0.3) is 10.0 Å². The number of aryl methyl sites for hydroxylation is 2. The van der Waals surface area contributed by atoms with E-state index in [0.717, 1.165) is 32.1 Å². The Kier molecular flexibility index (Phi) is 11.1. The highest BCUT2D eigenvalue weighted by atomic mass is 35.5. The van der Waals surface area contributed by atoms with Crippen LogP contribution in [0, 0.1) is 20.8 Å². The van der Waals surface area contributed by atoms with Crippen LogP contribution in [0.5, 0.6) is 0 Å². The minimum atomic E-state index is -4.17. The Bertz CT molecular complexity index is 1720. The number of carbonyl (C=O) groups is 2. The van der Waals surface area contributed by atoms with Gasteiger partial charge in [0.1, 0.15) is 12.6 Å². The molecule has 0 aliphatic rings. The fraction of sp³-hybridized carbons (Fsp3) is 0.278. The molecule has 0 aliphatic carbocycles. The van der Waals surface area contributed by atoms with Crippen molar-refractivity contribution in [3.8, 4) is 0 Å². The fourth-order valence-electron chi connectivity index (χ4n) is 5.08. The van der Waals surface area contributed by atoms with Gasteiger partial charge in [-0.05, 0) is 87.2 Å². The topological polar surface area (TPSA) is 86.8 Å². The molecule has 0 aliphatic heterocycles. The van der Waals surface area contributed by atoms with Crippen LogP contribution in [-0.2, 0) is 32.6 Å². The first-order valence-corrected chi connectivity index (χ1v) is 16.7. The molecule has 0 aromatic heterocycles. The summed E-state index contributed by atoms with van der Waals surface area (Å²) >= 11 is 6.15. The molecule has 9 heteroatoms. The van der Waals surface area contributed by atoms with E-state index in [2.05, 4.69) is 5.32 Å². The van der Waals surface area contributed by atoms with Crippen molar-refractivity contribution in [3.63, 3.8) is 0 Å². The smallest absolute Gasteiger partial charge is 0.264 e. The van der Waals surface area contributed by atoms with E-state index in [4.69, 9.17) is 11.6 Å². The van der Waals surface area contributed by atoms with E-state index in [1.165, 1.54) is 4.90 Å². The number of rotatable bonds is 12. The van der Waals surface area contributed by atoms with Gasteiger partial charge in [-0.2, -0.15) is 0 Å². The Balaban J connectivity index is 1.83. The van der Waals surface area contributed by atoms with Gasteiger partial charge in [0.2, 0.25) is 11.8 Å². The highest BCUT2D eigenvalue weighted by Gasteiger charge is 2.35. The number of halogens is 1. The zero-order valence-corrected chi connectivity index (χ0v) is 27.9. The van der Waals surface area contributed by atoms with Gasteiger partial charge in [-0.25, -0.2) is 8.42 Å². The van der Waals surface area contributed by atoms with Crippen molar-refractivity contribution >= 4 is 39.1 Å². The lowest BCUT2D eigenvalue weighted by atomic mass is 10.0. The van der Waals surface area contributed by atoms with Crippen LogP contribution < -0.4 is 9.62 Å². The standard InChI is InChI=1S/C36H40ClN3O4S/c1-25(2)38-36(42)34(22-29-11-7-6-8-12-29)39(23-30-16-18-31(37)19-17-30)35(41)24-40(33-13-9-10-27(4)28(33)5)45(43,44)32-20-14-26(3)15-21-32/h6-21,25,34H,22-24H2,1-5H3,(H,38,42)/t34-/m0/s1. The molecule has 0 heterocycles. The van der Waals surface area contributed by atoms with Crippen molar-refractivity contribution in [2.45, 2.75) is 64.6 Å². The molecule has 0 radical (unpaired) electrons. The van der Waals surface area contributed by atoms with Gasteiger partial charge in [0.15, 0.2) is 0 Å². The number of amides is 2. The van der Waals surface area contributed by atoms with Crippen LogP contribution in [0.3, 0.4) is 0 Å². The van der Waals surface area contributed by atoms with E-state index in [-0.39, 0.29) is 29.8 Å². The summed E-state index contributed by atoms with van der Waals surface area (Å²) in [6.45, 7) is 8.91. The van der Waals surface area contributed by atoms with Crippen LogP contribution in [0.25, 0.3) is 0 Å². The minimum Gasteiger partial charge on any atom is -0.352 e. The van der Waals surface area contributed by atoms with E-state index in [1.54, 1.807) is 60.7 Å². The molecule has 0 saturated heterocycles. The summed E-state index contributed by atoms with van der Waals surface area (Å²) in [5, 5.41) is 3.51. The average molecular weight is 646 g/mol. The highest BCUT2D eigenvalue weighted by molar-refractivity contribution is 7.92. The lowest BCUT2D eigenvalue weighted by Gasteiger charge is -2.34. The number of hydrogen-bond acceptors (Lipinski definition) is 4. The first-order valence-electron chi connectivity index (χ1n) is 14.9. The Labute approximate surface area is 271 Å². The molecule has 0 saturated carbocycles. The molecular formula is C36H40ClN3O4S. The van der Waals surface area contributed by atoms with Crippen molar-refractivity contribution in [1.29, 1.82) is 0 Å². The summed E-state index contributed by atoms with van der Waals surface area (Å²) in [4.78, 5) is 29.9. The minimum absolute atomic E-state index is 0.0736. The zero-order chi connectivity index (χ0) is 32.7. The summed E-state index contributed by atoms with van der Waals surface area (Å²) in [5.41, 5.74) is 4.57. The van der Waals surface area contributed by atoms with Gasteiger partial charge < -0.3 is 10.2 Å². The molecule has 0 unspecified atom stereocenters. The lowest BCUT2D eigenvalue weighted by molar-refractivity contribution is -0.140. The summed E-state index contributed by atoms with van der Waals surface area (Å²) in [6.07, 6.45) is 0.243. The molecule has 236 valence electrons. The van der Waals surface area contributed by atoms with Crippen molar-refractivity contribution in [2.75, 3.05) is 10.8 Å². The molecule has 4 rings (SSSR count). The monoisotopic (exact) mass is 645 g/mol. The van der Waals surface area contributed by atoms with Crippen molar-refractivity contribution in [3.05, 3.63) is 130 Å². The second kappa shape index (κ2) is 14.8. The normalized spacial score (nSPS) is 12.1. The second-order valence-electron chi connectivity index (χ2n) is 11.6. The molecule has 1 atom stereocenters. The van der Waals surface area contributed by atoms with Gasteiger partial charge in [-0.1, -0.05) is 83.9 Å². The summed E-state index contributed by atoms with van der Waals surface area (Å²) < 4.78 is 29.7. The van der Waals surface area contributed by atoms with Gasteiger partial charge in [0.05, 0.1) is 10.6 Å². The lowest BCUT2D eigenvalue weighted by Crippen LogP contribution is -2.54. The van der Waals surface area contributed by atoms with Gasteiger partial charge in [-0.15, -0.1) is 0 Å². The molecule has 0 bridgehead atoms. The van der Waals surface area contributed by atoms with E-state index >= 15 is 0 Å². The maximum atomic E-state index is 14.6. The van der Waals surface area contributed by atoms with Crippen molar-refractivity contribution in [2.24, 2.45) is 0 Å². The van der Waals surface area contributed by atoms with Gasteiger partial charge in [-0.3, -0.25) is 13.9 Å². The maximum absolute atomic E-state index is 14.6. The second-order valence-corrected chi connectivity index (χ2v) is 13.9. The Hall–Kier alpha value is -4.14. The van der Waals surface area contributed by atoms with Crippen molar-refractivity contribution < 1.29 is 18.0 Å². The molecule has 45 heavy (non-hydrogen) atoms. The van der Waals surface area contributed by atoms with Gasteiger partial charge >= 0.3 is 0 Å². The van der Waals surface area contributed by atoms with Crippen LogP contribution in [0.1, 0.15) is 41.7 Å². The van der Waals surface area contributed by atoms with E-state index in [9.17, 15) is 18.0 Å². The summed E-state index contributed by atoms with van der Waals surface area (Å²) in [5.74, 6) is -0.836. The summed E-state index contributed by atoms with van der Waals surface area (Å²) in [6, 6.07) is 27.4. The SMILES string of the molecule is Cc1ccc(S(=O)(=O)N(CC(=O)N(Cc2ccc(Cl)cc2)[C@@H](Cc2ccccc2)C(=O)NC(C)C)c2cccc(C)c2C)cc1. The Morgan fingerprint density at radius 1 is 0.800 bits per heavy atom. The molecule has 0 spiro atoms. The van der Waals surface area contributed by atoms with Gasteiger partial charge in [0, 0.05) is 24.0 Å². The van der Waals surface area contributed by atoms with E-state index in [1.807, 2.05) is 71.0 Å². The Morgan fingerprint density at radius 2 is 1.44 bits per heavy atom. The number of benzene rings is 4. The molecule has 1 N–H and O–H groups in total. The zero-order valence-electron chi connectivity index (χ0n) is 26.3. The first-order chi connectivity index (χ1) is 21.4.